The van der Waals surface area contributed by atoms with E-state index in [2.05, 4.69) is 10.6 Å². The van der Waals surface area contributed by atoms with Crippen molar-refractivity contribution in [3.8, 4) is 0 Å². The van der Waals surface area contributed by atoms with Gasteiger partial charge in [-0.3, -0.25) is 4.79 Å². The van der Waals surface area contributed by atoms with Crippen molar-refractivity contribution in [2.45, 2.75) is 26.2 Å². The van der Waals surface area contributed by atoms with Gasteiger partial charge in [0.1, 0.15) is 5.82 Å². The van der Waals surface area contributed by atoms with Gasteiger partial charge >= 0.3 is 12.0 Å². The molecule has 1 aromatic carbocycles. The number of hydrogen-bond donors (Lipinski definition) is 3. The van der Waals surface area contributed by atoms with E-state index in [0.717, 1.165) is 5.56 Å². The fraction of sp³-hybridized carbons (Fsp3) is 0.385. The third-order valence-electron chi connectivity index (χ3n) is 2.47. The Bertz CT molecular complexity index is 463. The lowest BCUT2D eigenvalue weighted by Gasteiger charge is -2.08. The highest BCUT2D eigenvalue weighted by Crippen LogP contribution is 2.15. The molecule has 0 heterocycles. The molecule has 0 saturated heterocycles. The van der Waals surface area contributed by atoms with Crippen molar-refractivity contribution in [3.63, 3.8) is 0 Å². The number of unbranched alkanes of at least 4 members (excludes halogenated alkanes) is 1. The monoisotopic (exact) mass is 268 g/mol. The van der Waals surface area contributed by atoms with Crippen molar-refractivity contribution in [2.24, 2.45) is 0 Å². The van der Waals surface area contributed by atoms with E-state index >= 15 is 0 Å². The minimum Gasteiger partial charge on any atom is -0.481 e. The number of nitrogens with one attached hydrogen (secondary N) is 2. The van der Waals surface area contributed by atoms with Crippen molar-refractivity contribution in [3.05, 3.63) is 29.6 Å². The molecule has 0 aliphatic heterocycles. The fourth-order valence-corrected chi connectivity index (χ4v) is 1.50. The predicted molar refractivity (Wildman–Crippen MR) is 69.6 cm³/mol. The first-order valence-corrected chi connectivity index (χ1v) is 6.02. The van der Waals surface area contributed by atoms with Gasteiger partial charge in [-0.15, -0.1) is 0 Å². The zero-order chi connectivity index (χ0) is 14.3. The summed E-state index contributed by atoms with van der Waals surface area (Å²) in [5, 5.41) is 13.4. The number of carbonyl (C=O) groups excluding carboxylic acids is 1. The molecule has 0 aromatic heterocycles. The molecule has 19 heavy (non-hydrogen) atoms. The quantitative estimate of drug-likeness (QED) is 0.694. The van der Waals surface area contributed by atoms with Crippen LogP contribution >= 0.6 is 0 Å². The van der Waals surface area contributed by atoms with E-state index in [0.29, 0.717) is 19.4 Å². The molecule has 0 aliphatic carbocycles. The molecule has 3 N–H and O–H groups in total. The predicted octanol–water partition coefficient (Wildman–Crippen LogP) is 2.51. The van der Waals surface area contributed by atoms with Crippen molar-refractivity contribution in [2.75, 3.05) is 11.9 Å². The number of aryl methyl sites for hydroxylation is 1. The first kappa shape index (κ1) is 14.9. The Morgan fingerprint density at radius 1 is 1.32 bits per heavy atom. The normalized spacial score (nSPS) is 10.0. The molecular formula is C13H17FN2O3. The molecule has 1 rings (SSSR count). The molecule has 0 atom stereocenters. The van der Waals surface area contributed by atoms with Gasteiger partial charge in [0.05, 0.1) is 5.69 Å². The number of rotatable bonds is 6. The van der Waals surface area contributed by atoms with Crippen LogP contribution in [-0.4, -0.2) is 23.7 Å². The van der Waals surface area contributed by atoms with Crippen LogP contribution in [0.15, 0.2) is 18.2 Å². The first-order valence-electron chi connectivity index (χ1n) is 6.02. The second-order valence-corrected chi connectivity index (χ2v) is 4.22. The number of anilines is 1. The molecule has 0 saturated carbocycles. The Kier molecular flexibility index (Phi) is 5.78. The van der Waals surface area contributed by atoms with Crippen LogP contribution in [0.1, 0.15) is 24.8 Å². The summed E-state index contributed by atoms with van der Waals surface area (Å²) in [5.74, 6) is -1.35. The summed E-state index contributed by atoms with van der Waals surface area (Å²) in [6.07, 6.45) is 1.14. The number of benzene rings is 1. The van der Waals surface area contributed by atoms with Crippen LogP contribution in [0, 0.1) is 12.7 Å². The molecule has 0 unspecified atom stereocenters. The molecule has 0 spiro atoms. The summed E-state index contributed by atoms with van der Waals surface area (Å²) in [6, 6.07) is 3.95. The van der Waals surface area contributed by atoms with E-state index in [1.165, 1.54) is 6.07 Å². The van der Waals surface area contributed by atoms with Gasteiger partial charge in [-0.1, -0.05) is 6.07 Å². The van der Waals surface area contributed by atoms with Gasteiger partial charge < -0.3 is 15.7 Å². The molecule has 0 aliphatic rings. The molecule has 2 amide bonds. The van der Waals surface area contributed by atoms with Crippen molar-refractivity contribution in [1.82, 2.24) is 5.32 Å². The zero-order valence-corrected chi connectivity index (χ0v) is 10.7. The first-order chi connectivity index (χ1) is 8.99. The number of aliphatic carboxylic acids is 1. The second-order valence-electron chi connectivity index (χ2n) is 4.22. The summed E-state index contributed by atoms with van der Waals surface area (Å²) >= 11 is 0. The minimum absolute atomic E-state index is 0.0792. The van der Waals surface area contributed by atoms with Gasteiger partial charge in [-0.05, 0) is 37.5 Å². The Morgan fingerprint density at radius 2 is 2.05 bits per heavy atom. The summed E-state index contributed by atoms with van der Waals surface area (Å²) < 4.78 is 13.4. The van der Waals surface area contributed by atoms with Crippen molar-refractivity contribution >= 4 is 17.7 Å². The second kappa shape index (κ2) is 7.35. The Morgan fingerprint density at radius 3 is 2.74 bits per heavy atom. The highest BCUT2D eigenvalue weighted by atomic mass is 19.1. The average Bonchev–Trinajstić information content (AvgIpc) is 2.33. The van der Waals surface area contributed by atoms with E-state index in [-0.39, 0.29) is 12.1 Å². The maximum Gasteiger partial charge on any atom is 0.319 e. The Hall–Kier alpha value is -2.11. The lowest BCUT2D eigenvalue weighted by atomic mass is 10.2. The summed E-state index contributed by atoms with van der Waals surface area (Å²) in [5.41, 5.74) is 0.973. The minimum atomic E-state index is -0.855. The van der Waals surface area contributed by atoms with Gasteiger partial charge in [0.25, 0.3) is 0 Å². The van der Waals surface area contributed by atoms with E-state index < -0.39 is 17.8 Å². The standard InChI is InChI=1S/C13H17FN2O3/c1-9-5-6-10(14)11(8-9)16-13(19)15-7-3-2-4-12(17)18/h5-6,8H,2-4,7H2,1H3,(H,17,18)(H2,15,16,19). The summed E-state index contributed by atoms with van der Waals surface area (Å²) in [6.45, 7) is 2.15. The SMILES string of the molecule is Cc1ccc(F)c(NC(=O)NCCCCC(=O)O)c1. The van der Waals surface area contributed by atoms with Crippen LogP contribution < -0.4 is 10.6 Å². The Balaban J connectivity index is 2.31. The van der Waals surface area contributed by atoms with Crippen LogP contribution in [0.25, 0.3) is 0 Å². The summed E-state index contributed by atoms with van der Waals surface area (Å²) in [7, 11) is 0. The Labute approximate surface area is 110 Å². The number of hydrogen-bond acceptors (Lipinski definition) is 2. The van der Waals surface area contributed by atoms with Gasteiger partial charge in [-0.25, -0.2) is 9.18 Å². The molecule has 1 aromatic rings. The topological polar surface area (TPSA) is 78.4 Å². The van der Waals surface area contributed by atoms with Crippen LogP contribution in [0.2, 0.25) is 0 Å². The van der Waals surface area contributed by atoms with E-state index in [1.807, 2.05) is 0 Å². The molecule has 104 valence electrons. The van der Waals surface area contributed by atoms with Gasteiger partial charge in [0, 0.05) is 13.0 Å². The van der Waals surface area contributed by atoms with E-state index in [4.69, 9.17) is 5.11 Å². The summed E-state index contributed by atoms with van der Waals surface area (Å²) in [4.78, 5) is 21.7. The molecular weight excluding hydrogens is 251 g/mol. The van der Waals surface area contributed by atoms with Gasteiger partial charge in [0.2, 0.25) is 0 Å². The third kappa shape index (κ3) is 5.85. The van der Waals surface area contributed by atoms with Crippen LogP contribution in [0.4, 0.5) is 14.9 Å². The lowest BCUT2D eigenvalue weighted by Crippen LogP contribution is -2.30. The van der Waals surface area contributed by atoms with Crippen molar-refractivity contribution in [1.29, 1.82) is 0 Å². The van der Waals surface area contributed by atoms with Crippen molar-refractivity contribution < 1.29 is 19.1 Å². The zero-order valence-electron chi connectivity index (χ0n) is 10.7. The highest BCUT2D eigenvalue weighted by Gasteiger charge is 2.06. The van der Waals surface area contributed by atoms with Crippen LogP contribution in [0.5, 0.6) is 0 Å². The number of carbonyl (C=O) groups is 2. The molecule has 0 bridgehead atoms. The molecule has 0 radical (unpaired) electrons. The molecule has 0 fully saturated rings. The van der Waals surface area contributed by atoms with Crippen LogP contribution in [0.3, 0.4) is 0 Å². The number of amides is 2. The maximum absolute atomic E-state index is 13.4. The lowest BCUT2D eigenvalue weighted by molar-refractivity contribution is -0.137. The van der Waals surface area contributed by atoms with Gasteiger partial charge in [-0.2, -0.15) is 0 Å². The number of halogens is 1. The third-order valence-corrected chi connectivity index (χ3v) is 2.47. The molecule has 6 heteroatoms. The van der Waals surface area contributed by atoms with E-state index in [9.17, 15) is 14.0 Å². The fourth-order valence-electron chi connectivity index (χ4n) is 1.50. The van der Waals surface area contributed by atoms with Gasteiger partial charge in [0.15, 0.2) is 0 Å². The largest absolute Gasteiger partial charge is 0.481 e. The number of urea groups is 1. The van der Waals surface area contributed by atoms with Crippen LogP contribution in [-0.2, 0) is 4.79 Å². The maximum atomic E-state index is 13.4. The smallest absolute Gasteiger partial charge is 0.319 e. The highest BCUT2D eigenvalue weighted by molar-refractivity contribution is 5.89. The average molecular weight is 268 g/mol. The number of carboxylic acids is 1. The van der Waals surface area contributed by atoms with E-state index in [1.54, 1.807) is 19.1 Å². The number of carboxylic acid groups (broad SMARTS) is 1. The molecule has 5 nitrogen and oxygen atoms in total.